The van der Waals surface area contributed by atoms with Crippen molar-refractivity contribution in [1.82, 2.24) is 9.36 Å². The van der Waals surface area contributed by atoms with E-state index in [1.807, 2.05) is 22.5 Å². The lowest BCUT2D eigenvalue weighted by Gasteiger charge is -2.33. The normalized spacial score (nSPS) is 22.8. The average Bonchev–Trinajstić information content (AvgIpc) is 3.41. The maximum Gasteiger partial charge on any atom is 0.416 e. The van der Waals surface area contributed by atoms with E-state index in [0.29, 0.717) is 25.2 Å². The van der Waals surface area contributed by atoms with Crippen LogP contribution in [0.3, 0.4) is 0 Å². The number of methoxy groups -OCH3 is 1. The number of hydrogen-bond acceptors (Lipinski definition) is 4. The van der Waals surface area contributed by atoms with E-state index in [0.717, 1.165) is 43.5 Å². The molecule has 10 heteroatoms. The second kappa shape index (κ2) is 10.6. The summed E-state index contributed by atoms with van der Waals surface area (Å²) in [6, 6.07) is 4.80. The van der Waals surface area contributed by atoms with Gasteiger partial charge in [0, 0.05) is 37.9 Å². The summed E-state index contributed by atoms with van der Waals surface area (Å²) in [6.45, 7) is 7.63. The molecule has 2 aliphatic rings. The Bertz CT molecular complexity index is 1180. The Morgan fingerprint density at radius 1 is 1.19 bits per heavy atom. The summed E-state index contributed by atoms with van der Waals surface area (Å²) >= 11 is 0. The molecule has 37 heavy (non-hydrogen) atoms. The lowest BCUT2D eigenvalue weighted by Crippen LogP contribution is -2.34. The minimum absolute atomic E-state index is 0.0127. The molecule has 4 rings (SSSR count). The highest BCUT2D eigenvalue weighted by Gasteiger charge is 2.33. The highest BCUT2D eigenvalue weighted by atomic mass is 19.4. The molecular formula is C27H36F3N3O4. The number of benzene rings is 1. The summed E-state index contributed by atoms with van der Waals surface area (Å²) in [5.41, 5.74) is -0.0511. The summed E-state index contributed by atoms with van der Waals surface area (Å²) < 4.78 is 61.3. The van der Waals surface area contributed by atoms with Gasteiger partial charge in [-0.2, -0.15) is 18.2 Å². The zero-order chi connectivity index (χ0) is 27.0. The van der Waals surface area contributed by atoms with E-state index in [9.17, 15) is 18.0 Å². The van der Waals surface area contributed by atoms with Gasteiger partial charge in [0.1, 0.15) is 5.75 Å². The lowest BCUT2D eigenvalue weighted by molar-refractivity contribution is -0.137. The zero-order valence-electron chi connectivity index (χ0n) is 22.1. The van der Waals surface area contributed by atoms with Gasteiger partial charge in [-0.05, 0) is 49.8 Å². The molecule has 2 aromatic rings. The summed E-state index contributed by atoms with van der Waals surface area (Å²) in [5.74, 6) is -0.457. The average molecular weight is 524 g/mol. The predicted octanol–water partition coefficient (Wildman–Crippen LogP) is 4.87. The third-order valence-electron chi connectivity index (χ3n) is 7.16. The van der Waals surface area contributed by atoms with Gasteiger partial charge in [-0.1, -0.05) is 20.8 Å². The standard InChI is InChI=1S/C27H36F3N3O4/c1-26(2,3)23-14-24(33(32(23)4)15-19-7-6-10-36-19)31-25(34)21-13-18(27(28,29)30)8-9-22(21)37-16-17-11-20(12-17)35-5/h8-9,13-14,17,19-20H,6-7,10-12,15-16H2,1-5H3/b31-24+/t17?,19-,20?/m1/s1. The second-order valence-electron chi connectivity index (χ2n) is 11.0. The minimum atomic E-state index is -4.60. The van der Waals surface area contributed by atoms with Gasteiger partial charge in [0.05, 0.1) is 36.5 Å². The number of hydrogen-bond donors (Lipinski definition) is 0. The van der Waals surface area contributed by atoms with Gasteiger partial charge >= 0.3 is 6.18 Å². The molecule has 0 bridgehead atoms. The van der Waals surface area contributed by atoms with Crippen molar-refractivity contribution < 1.29 is 32.2 Å². The molecule has 2 fully saturated rings. The van der Waals surface area contributed by atoms with Crippen molar-refractivity contribution >= 4 is 5.91 Å². The number of amides is 1. The fourth-order valence-corrected chi connectivity index (χ4v) is 4.94. The molecule has 1 aliphatic heterocycles. The molecule has 1 aromatic heterocycles. The van der Waals surface area contributed by atoms with Gasteiger partial charge in [-0.3, -0.25) is 14.2 Å². The van der Waals surface area contributed by atoms with Gasteiger partial charge in [-0.25, -0.2) is 0 Å². The third-order valence-corrected chi connectivity index (χ3v) is 7.16. The van der Waals surface area contributed by atoms with Crippen molar-refractivity contribution in [2.24, 2.45) is 18.0 Å². The van der Waals surface area contributed by atoms with E-state index in [1.54, 1.807) is 7.11 Å². The van der Waals surface area contributed by atoms with Crippen LogP contribution in [0.1, 0.15) is 68.1 Å². The van der Waals surface area contributed by atoms with E-state index < -0.39 is 17.6 Å². The predicted molar refractivity (Wildman–Crippen MR) is 131 cm³/mol. The minimum Gasteiger partial charge on any atom is -0.492 e. The summed E-state index contributed by atoms with van der Waals surface area (Å²) in [5, 5.41) is 0. The van der Waals surface area contributed by atoms with Crippen LogP contribution in [0.2, 0.25) is 0 Å². The number of halogens is 3. The molecule has 1 atom stereocenters. The van der Waals surface area contributed by atoms with Gasteiger partial charge in [0.2, 0.25) is 0 Å². The van der Waals surface area contributed by atoms with E-state index in [1.165, 1.54) is 6.07 Å². The van der Waals surface area contributed by atoms with Crippen LogP contribution in [0, 0.1) is 5.92 Å². The molecule has 1 saturated heterocycles. The van der Waals surface area contributed by atoms with Crippen LogP contribution in [-0.4, -0.2) is 47.8 Å². The van der Waals surface area contributed by atoms with E-state index >= 15 is 0 Å². The highest BCUT2D eigenvalue weighted by Crippen LogP contribution is 2.35. The maximum atomic E-state index is 13.5. The number of carbonyl (C=O) groups excluding carboxylic acids is 1. The van der Waals surface area contributed by atoms with Crippen LogP contribution in [0.15, 0.2) is 29.3 Å². The van der Waals surface area contributed by atoms with E-state index in [2.05, 4.69) is 25.8 Å². The first-order chi connectivity index (χ1) is 17.4. The molecule has 0 radical (unpaired) electrons. The lowest BCUT2D eigenvalue weighted by atomic mass is 9.83. The Morgan fingerprint density at radius 2 is 1.92 bits per heavy atom. The van der Waals surface area contributed by atoms with Crippen LogP contribution >= 0.6 is 0 Å². The SMILES string of the molecule is COC1CC(COc2ccc(C(F)(F)F)cc2C(=O)/N=c2\cc(C(C)(C)C)n(C)n2C[C@H]2CCCO2)C1. The van der Waals surface area contributed by atoms with E-state index in [4.69, 9.17) is 14.2 Å². The molecule has 0 unspecified atom stereocenters. The van der Waals surface area contributed by atoms with Crippen molar-refractivity contribution in [3.05, 3.63) is 46.6 Å². The van der Waals surface area contributed by atoms with E-state index in [-0.39, 0.29) is 34.9 Å². The zero-order valence-corrected chi connectivity index (χ0v) is 22.1. The highest BCUT2D eigenvalue weighted by molar-refractivity contribution is 5.97. The number of aromatic nitrogens is 2. The topological polar surface area (TPSA) is 67.0 Å². The van der Waals surface area contributed by atoms with Crippen LogP contribution in [0.25, 0.3) is 0 Å². The van der Waals surface area contributed by atoms with Gasteiger partial charge in [0.15, 0.2) is 5.49 Å². The number of carbonyl (C=O) groups is 1. The van der Waals surface area contributed by atoms with Crippen molar-refractivity contribution in [3.8, 4) is 5.75 Å². The van der Waals surface area contributed by atoms with Gasteiger partial charge < -0.3 is 14.2 Å². The molecule has 1 amide bonds. The Hall–Kier alpha value is -2.59. The van der Waals surface area contributed by atoms with Gasteiger partial charge in [-0.15, -0.1) is 0 Å². The van der Waals surface area contributed by atoms with Crippen LogP contribution in [0.5, 0.6) is 5.75 Å². The molecule has 1 aromatic carbocycles. The summed E-state index contributed by atoms with van der Waals surface area (Å²) in [7, 11) is 3.54. The van der Waals surface area contributed by atoms with Crippen LogP contribution < -0.4 is 10.2 Å². The Labute approximate surface area is 215 Å². The number of alkyl halides is 3. The molecule has 0 spiro atoms. The van der Waals surface area contributed by atoms with Crippen LogP contribution in [0.4, 0.5) is 13.2 Å². The Balaban J connectivity index is 1.70. The van der Waals surface area contributed by atoms with Crippen molar-refractivity contribution in [1.29, 1.82) is 0 Å². The second-order valence-corrected chi connectivity index (χ2v) is 11.0. The Morgan fingerprint density at radius 3 is 2.51 bits per heavy atom. The maximum absolute atomic E-state index is 13.5. The summed E-state index contributed by atoms with van der Waals surface area (Å²) in [4.78, 5) is 17.7. The van der Waals surface area contributed by atoms with Gasteiger partial charge in [0.25, 0.3) is 5.91 Å². The molecule has 7 nitrogen and oxygen atoms in total. The van der Waals surface area contributed by atoms with Crippen molar-refractivity contribution in [2.75, 3.05) is 20.3 Å². The quantitative estimate of drug-likeness (QED) is 0.520. The third kappa shape index (κ3) is 6.29. The molecule has 2 heterocycles. The van der Waals surface area contributed by atoms with Crippen molar-refractivity contribution in [3.63, 3.8) is 0 Å². The molecule has 0 N–H and O–H groups in total. The first-order valence-electron chi connectivity index (χ1n) is 12.7. The number of rotatable bonds is 7. The molecule has 204 valence electrons. The largest absolute Gasteiger partial charge is 0.492 e. The Kier molecular flexibility index (Phi) is 7.90. The fraction of sp³-hybridized carbons (Fsp3) is 0.630. The smallest absolute Gasteiger partial charge is 0.416 e. The molecule has 1 aliphatic carbocycles. The first kappa shape index (κ1) is 27.4. The summed E-state index contributed by atoms with van der Waals surface area (Å²) in [6.07, 6.45) is -0.953. The monoisotopic (exact) mass is 523 g/mol. The van der Waals surface area contributed by atoms with Crippen LogP contribution in [-0.2, 0) is 34.7 Å². The molecular weight excluding hydrogens is 487 g/mol. The molecule has 1 saturated carbocycles. The first-order valence-corrected chi connectivity index (χ1v) is 12.7. The van der Waals surface area contributed by atoms with Crippen molar-refractivity contribution in [2.45, 2.75) is 76.8 Å². The fourth-order valence-electron chi connectivity index (χ4n) is 4.94. The number of nitrogens with zero attached hydrogens (tertiary/aromatic N) is 3. The number of ether oxygens (including phenoxy) is 3.